The molecule has 0 aromatic carbocycles. The molecule has 0 unspecified atom stereocenters. The molecule has 0 N–H and O–H groups in total. The number of nitrogens with zero attached hydrogens (tertiary/aromatic N) is 4. The molecule has 22 heavy (non-hydrogen) atoms. The fourth-order valence-corrected chi connectivity index (χ4v) is 2.70. The number of rotatable bonds is 4. The van der Waals surface area contributed by atoms with Crippen molar-refractivity contribution in [1.82, 2.24) is 19.6 Å². The van der Waals surface area contributed by atoms with Crippen LogP contribution in [0, 0.1) is 28.2 Å². The van der Waals surface area contributed by atoms with Gasteiger partial charge in [-0.05, 0) is 33.6 Å². The van der Waals surface area contributed by atoms with Gasteiger partial charge >= 0.3 is 0 Å². The molecule has 0 amide bonds. The maximum atomic E-state index is 6.11. The van der Waals surface area contributed by atoms with Crippen molar-refractivity contribution in [3.05, 3.63) is 48.8 Å². The number of hydrogen-bond acceptors (Lipinski definition) is 4. The Morgan fingerprint density at radius 2 is 1.05 bits per heavy atom. The van der Waals surface area contributed by atoms with Crippen LogP contribution in [-0.2, 0) is 20.1 Å². The number of halogens is 4. The molecule has 0 aromatic heterocycles. The van der Waals surface area contributed by atoms with Gasteiger partial charge in [-0.1, -0.05) is 46.4 Å². The van der Waals surface area contributed by atoms with Crippen LogP contribution in [0.1, 0.15) is 6.42 Å². The van der Waals surface area contributed by atoms with E-state index in [1.54, 1.807) is 9.80 Å². The van der Waals surface area contributed by atoms with E-state index in [1.807, 2.05) is 37.2 Å². The standard InChI is InChI=1S/C11H14Cl4N4.2CH3.Ir/c1-16-6-18(10(14)8(16)12)4-3-5-19-7-17(2)9(13)11(19)15;;;/h6-7H,3-5H2,1-2H3;2*1H3;/q-2;2*-1;. The fraction of sp³-hybridized carbons (Fsp3) is 0.385. The van der Waals surface area contributed by atoms with Gasteiger partial charge in [0.15, 0.2) is 0 Å². The summed E-state index contributed by atoms with van der Waals surface area (Å²) in [5.41, 5.74) is 0. The quantitative estimate of drug-likeness (QED) is 0.374. The van der Waals surface area contributed by atoms with Crippen molar-refractivity contribution in [3.63, 3.8) is 0 Å². The molecule has 0 saturated heterocycles. The predicted octanol–water partition coefficient (Wildman–Crippen LogP) is 4.22. The van der Waals surface area contributed by atoms with Crippen LogP contribution in [0.3, 0.4) is 0 Å². The van der Waals surface area contributed by atoms with Crippen molar-refractivity contribution in [2.75, 3.05) is 27.2 Å². The van der Waals surface area contributed by atoms with E-state index in [0.29, 0.717) is 20.6 Å². The second-order valence-electron chi connectivity index (χ2n) is 4.36. The van der Waals surface area contributed by atoms with Crippen LogP contribution in [0.15, 0.2) is 20.6 Å². The van der Waals surface area contributed by atoms with Crippen molar-refractivity contribution in [2.45, 2.75) is 6.42 Å². The largest absolute Gasteiger partial charge is 0.494 e. The first kappa shape index (κ1) is 24.7. The molecular weight excluding hydrogens is 546 g/mol. The van der Waals surface area contributed by atoms with Gasteiger partial charge in [0, 0.05) is 20.1 Å². The molecule has 0 aliphatic carbocycles. The van der Waals surface area contributed by atoms with Crippen LogP contribution in [0.2, 0.25) is 0 Å². The summed E-state index contributed by atoms with van der Waals surface area (Å²) in [4.78, 5) is 7.37. The second-order valence-corrected chi connectivity index (χ2v) is 5.79. The fourth-order valence-electron chi connectivity index (χ4n) is 1.87. The molecule has 2 aliphatic rings. The minimum Gasteiger partial charge on any atom is -0.494 e. The van der Waals surface area contributed by atoms with Gasteiger partial charge in [-0.2, -0.15) is 13.3 Å². The van der Waals surface area contributed by atoms with Crippen LogP contribution < -0.4 is 0 Å². The van der Waals surface area contributed by atoms with E-state index < -0.39 is 0 Å². The molecule has 1 radical (unpaired) electrons. The Morgan fingerprint density at radius 1 is 0.727 bits per heavy atom. The Hall–Kier alpha value is 0.489. The van der Waals surface area contributed by atoms with Gasteiger partial charge in [-0.25, -0.2) is 0 Å². The first-order valence-electron chi connectivity index (χ1n) is 5.71. The Kier molecular flexibility index (Phi) is 11.7. The Bertz CT molecular complexity index is 392. The van der Waals surface area contributed by atoms with Gasteiger partial charge in [-0.15, -0.1) is 0 Å². The maximum Gasteiger partial charge on any atom is 0.110 e. The molecule has 0 fully saturated rings. The number of hydrogen-bond donors (Lipinski definition) is 0. The van der Waals surface area contributed by atoms with Crippen LogP contribution in [0.25, 0.3) is 0 Å². The van der Waals surface area contributed by atoms with E-state index in [0.717, 1.165) is 19.5 Å². The zero-order valence-corrected chi connectivity index (χ0v) is 18.3. The third-order valence-electron chi connectivity index (χ3n) is 2.89. The summed E-state index contributed by atoms with van der Waals surface area (Å²) in [7, 11) is 3.71. The van der Waals surface area contributed by atoms with Gasteiger partial charge in [-0.3, -0.25) is 0 Å². The van der Waals surface area contributed by atoms with E-state index >= 15 is 0 Å². The molecule has 9 heteroatoms. The Morgan fingerprint density at radius 3 is 1.27 bits per heavy atom. The van der Waals surface area contributed by atoms with E-state index in [2.05, 4.69) is 0 Å². The molecule has 2 rings (SSSR count). The zero-order chi connectivity index (χ0) is 14.2. The topological polar surface area (TPSA) is 13.0 Å². The second kappa shape index (κ2) is 10.4. The van der Waals surface area contributed by atoms with Crippen LogP contribution >= 0.6 is 46.4 Å². The van der Waals surface area contributed by atoms with Gasteiger partial charge in [0.1, 0.15) is 20.6 Å². The van der Waals surface area contributed by atoms with E-state index in [4.69, 9.17) is 46.4 Å². The van der Waals surface area contributed by atoms with Gasteiger partial charge in [0.2, 0.25) is 0 Å². The summed E-state index contributed by atoms with van der Waals surface area (Å²) >= 11 is 24.2. The Labute approximate surface area is 167 Å². The summed E-state index contributed by atoms with van der Waals surface area (Å²) in [6, 6.07) is 0. The SMILES string of the molecule is CN1[CH-]N(CCCN2[CH-]N(C)C(Cl)=C2Cl)C(Cl)=C1Cl.[CH3-].[CH3-].[Ir]. The minimum atomic E-state index is 0. The molecule has 0 bridgehead atoms. The summed E-state index contributed by atoms with van der Waals surface area (Å²) < 4.78 is 0. The third-order valence-corrected chi connectivity index (χ3v) is 4.76. The smallest absolute Gasteiger partial charge is 0.110 e. The average molecular weight is 566 g/mol. The molecule has 0 saturated carbocycles. The van der Waals surface area contributed by atoms with Crippen molar-refractivity contribution >= 4 is 46.4 Å². The van der Waals surface area contributed by atoms with E-state index in [9.17, 15) is 0 Å². The van der Waals surface area contributed by atoms with Crippen LogP contribution in [0.4, 0.5) is 0 Å². The maximum absolute atomic E-state index is 6.11. The summed E-state index contributed by atoms with van der Waals surface area (Å²) in [6.07, 6.45) is 0.870. The predicted molar refractivity (Wildman–Crippen MR) is 92.4 cm³/mol. The first-order valence-corrected chi connectivity index (χ1v) is 7.22. The monoisotopic (exact) mass is 565 g/mol. The normalized spacial score (nSPS) is 17.7. The molecule has 2 aliphatic heterocycles. The van der Waals surface area contributed by atoms with Crippen LogP contribution in [0.5, 0.6) is 0 Å². The van der Waals surface area contributed by atoms with E-state index in [1.165, 1.54) is 0 Å². The van der Waals surface area contributed by atoms with Gasteiger partial charge in [0.25, 0.3) is 0 Å². The van der Waals surface area contributed by atoms with Gasteiger partial charge in [0.05, 0.1) is 0 Å². The zero-order valence-electron chi connectivity index (χ0n) is 12.9. The summed E-state index contributed by atoms with van der Waals surface area (Å²) in [5.74, 6) is 0. The summed E-state index contributed by atoms with van der Waals surface area (Å²) in [6.45, 7) is 5.26. The van der Waals surface area contributed by atoms with Crippen molar-refractivity contribution in [3.8, 4) is 0 Å². The van der Waals surface area contributed by atoms with Gasteiger partial charge < -0.3 is 34.5 Å². The first-order chi connectivity index (χ1) is 8.91. The van der Waals surface area contributed by atoms with Crippen molar-refractivity contribution in [2.24, 2.45) is 0 Å². The third kappa shape index (κ3) is 5.25. The van der Waals surface area contributed by atoms with E-state index in [-0.39, 0.29) is 35.0 Å². The van der Waals surface area contributed by atoms with Crippen molar-refractivity contribution < 1.29 is 20.1 Å². The molecule has 0 atom stereocenters. The molecule has 2 heterocycles. The van der Waals surface area contributed by atoms with Crippen molar-refractivity contribution in [1.29, 1.82) is 0 Å². The molecule has 4 nitrogen and oxygen atoms in total. The average Bonchev–Trinajstić information content (AvgIpc) is 2.76. The minimum absolute atomic E-state index is 0. The summed E-state index contributed by atoms with van der Waals surface area (Å²) in [5, 5.41) is 2.17. The molecule has 133 valence electrons. The molecular formula is C13H20Cl4IrN4-4. The Balaban J connectivity index is 0. The van der Waals surface area contributed by atoms with Crippen LogP contribution in [-0.4, -0.2) is 46.8 Å². The molecule has 0 spiro atoms. The molecule has 0 aromatic rings.